The van der Waals surface area contributed by atoms with Crippen LogP contribution in [-0.4, -0.2) is 24.0 Å². The number of benzene rings is 2. The quantitative estimate of drug-likeness (QED) is 0.852. The number of rotatable bonds is 2. The van der Waals surface area contributed by atoms with Crippen LogP contribution in [-0.2, 0) is 0 Å². The topological polar surface area (TPSA) is 29.3 Å². The minimum Gasteiger partial charge on any atom is -0.325 e. The molecule has 17 heavy (non-hydrogen) atoms. The zero-order valence-corrected chi connectivity index (χ0v) is 10.1. The molecule has 3 rings (SSSR count). The van der Waals surface area contributed by atoms with Gasteiger partial charge >= 0.3 is 0 Å². The number of likely N-dealkylation sites (tertiary alicyclic amines) is 1. The standard InChI is InChI=1S/C15H18N2/c1-11(17-9-15(16)10-17)13-7-6-12-4-2-3-5-14(12)8-13/h2-8,11,15H,9-10,16H2,1H3. The Balaban J connectivity index is 1.90. The van der Waals surface area contributed by atoms with Crippen molar-refractivity contribution in [2.45, 2.75) is 19.0 Å². The molecule has 1 fully saturated rings. The zero-order valence-electron chi connectivity index (χ0n) is 10.1. The fourth-order valence-corrected chi connectivity index (χ4v) is 2.54. The first kappa shape index (κ1) is 10.8. The fraction of sp³-hybridized carbons (Fsp3) is 0.333. The molecule has 1 atom stereocenters. The van der Waals surface area contributed by atoms with Crippen LogP contribution in [0.25, 0.3) is 10.8 Å². The SMILES string of the molecule is CC(c1ccc2ccccc2c1)N1CC(N)C1. The Bertz CT molecular complexity index is 529. The molecule has 2 nitrogen and oxygen atoms in total. The zero-order chi connectivity index (χ0) is 11.8. The molecule has 0 radical (unpaired) electrons. The molecule has 1 heterocycles. The van der Waals surface area contributed by atoms with E-state index in [1.54, 1.807) is 0 Å². The van der Waals surface area contributed by atoms with E-state index in [1.807, 2.05) is 0 Å². The predicted molar refractivity (Wildman–Crippen MR) is 71.9 cm³/mol. The van der Waals surface area contributed by atoms with Gasteiger partial charge in [-0.2, -0.15) is 0 Å². The molecule has 2 N–H and O–H groups in total. The summed E-state index contributed by atoms with van der Waals surface area (Å²) >= 11 is 0. The smallest absolute Gasteiger partial charge is 0.0321 e. The van der Waals surface area contributed by atoms with Crippen molar-refractivity contribution in [3.63, 3.8) is 0 Å². The van der Waals surface area contributed by atoms with Gasteiger partial charge in [0.15, 0.2) is 0 Å². The van der Waals surface area contributed by atoms with E-state index in [2.05, 4.69) is 54.3 Å². The highest BCUT2D eigenvalue weighted by Gasteiger charge is 2.27. The van der Waals surface area contributed by atoms with Crippen molar-refractivity contribution in [1.29, 1.82) is 0 Å². The maximum absolute atomic E-state index is 5.83. The first-order valence-electron chi connectivity index (χ1n) is 6.22. The Morgan fingerprint density at radius 2 is 1.82 bits per heavy atom. The van der Waals surface area contributed by atoms with Gasteiger partial charge in [0.05, 0.1) is 0 Å². The van der Waals surface area contributed by atoms with Crippen molar-refractivity contribution >= 4 is 10.8 Å². The second-order valence-corrected chi connectivity index (χ2v) is 5.00. The third-order valence-corrected chi connectivity index (χ3v) is 3.74. The summed E-state index contributed by atoms with van der Waals surface area (Å²) in [7, 11) is 0. The summed E-state index contributed by atoms with van der Waals surface area (Å²) in [4.78, 5) is 2.43. The van der Waals surface area contributed by atoms with Gasteiger partial charge in [0.2, 0.25) is 0 Å². The number of nitrogens with two attached hydrogens (primary N) is 1. The van der Waals surface area contributed by atoms with Crippen LogP contribution in [0, 0.1) is 0 Å². The van der Waals surface area contributed by atoms with Gasteiger partial charge in [0.1, 0.15) is 0 Å². The number of hydrogen-bond acceptors (Lipinski definition) is 2. The fourth-order valence-electron chi connectivity index (χ4n) is 2.54. The lowest BCUT2D eigenvalue weighted by Crippen LogP contribution is -2.56. The van der Waals surface area contributed by atoms with Gasteiger partial charge in [-0.3, -0.25) is 4.90 Å². The first-order chi connectivity index (χ1) is 8.24. The Morgan fingerprint density at radius 3 is 2.53 bits per heavy atom. The summed E-state index contributed by atoms with van der Waals surface area (Å²) in [5.41, 5.74) is 7.22. The molecule has 0 bridgehead atoms. The molecule has 0 aromatic heterocycles. The van der Waals surface area contributed by atoms with Crippen LogP contribution >= 0.6 is 0 Å². The summed E-state index contributed by atoms with van der Waals surface area (Å²) in [5, 5.41) is 2.63. The molecule has 0 aliphatic carbocycles. The summed E-state index contributed by atoms with van der Waals surface area (Å²) in [6.45, 7) is 4.30. The van der Waals surface area contributed by atoms with Crippen LogP contribution in [0.15, 0.2) is 42.5 Å². The third-order valence-electron chi connectivity index (χ3n) is 3.74. The Morgan fingerprint density at radius 1 is 1.12 bits per heavy atom. The molecule has 88 valence electrons. The van der Waals surface area contributed by atoms with Crippen molar-refractivity contribution in [3.05, 3.63) is 48.0 Å². The van der Waals surface area contributed by atoms with Gasteiger partial charge in [-0.1, -0.05) is 36.4 Å². The molecule has 1 aliphatic rings. The molecule has 2 heteroatoms. The van der Waals surface area contributed by atoms with Gasteiger partial charge < -0.3 is 5.73 Å². The van der Waals surface area contributed by atoms with Crippen LogP contribution < -0.4 is 5.73 Å². The minimum absolute atomic E-state index is 0.373. The third kappa shape index (κ3) is 1.94. The molecule has 1 unspecified atom stereocenters. The normalized spacial score (nSPS) is 19.2. The highest BCUT2D eigenvalue weighted by molar-refractivity contribution is 5.83. The molecular formula is C15H18N2. The van der Waals surface area contributed by atoms with Crippen LogP contribution in [0.5, 0.6) is 0 Å². The molecule has 2 aromatic rings. The first-order valence-corrected chi connectivity index (χ1v) is 6.22. The van der Waals surface area contributed by atoms with E-state index < -0.39 is 0 Å². The Kier molecular flexibility index (Phi) is 2.61. The van der Waals surface area contributed by atoms with E-state index >= 15 is 0 Å². The summed E-state index contributed by atoms with van der Waals surface area (Å²) in [6.07, 6.45) is 0. The lowest BCUT2D eigenvalue weighted by molar-refractivity contribution is 0.103. The van der Waals surface area contributed by atoms with Crippen LogP contribution in [0.1, 0.15) is 18.5 Å². The van der Waals surface area contributed by atoms with E-state index in [4.69, 9.17) is 5.73 Å². The van der Waals surface area contributed by atoms with E-state index in [0.29, 0.717) is 12.1 Å². The highest BCUT2D eigenvalue weighted by atomic mass is 15.2. The lowest BCUT2D eigenvalue weighted by Gasteiger charge is -2.41. The number of nitrogens with zero attached hydrogens (tertiary/aromatic N) is 1. The molecule has 1 saturated heterocycles. The van der Waals surface area contributed by atoms with Crippen molar-refractivity contribution in [3.8, 4) is 0 Å². The van der Waals surface area contributed by atoms with Crippen molar-refractivity contribution < 1.29 is 0 Å². The summed E-state index contributed by atoms with van der Waals surface area (Å²) < 4.78 is 0. The van der Waals surface area contributed by atoms with Crippen LogP contribution in [0.4, 0.5) is 0 Å². The Hall–Kier alpha value is -1.38. The molecule has 2 aromatic carbocycles. The summed E-state index contributed by atoms with van der Waals surface area (Å²) in [5.74, 6) is 0. The van der Waals surface area contributed by atoms with Gasteiger partial charge in [-0.15, -0.1) is 0 Å². The van der Waals surface area contributed by atoms with Crippen molar-refractivity contribution in [2.75, 3.05) is 13.1 Å². The average Bonchev–Trinajstić information content (AvgIpc) is 2.33. The van der Waals surface area contributed by atoms with Gasteiger partial charge in [-0.25, -0.2) is 0 Å². The summed E-state index contributed by atoms with van der Waals surface area (Å²) in [6, 6.07) is 16.1. The van der Waals surface area contributed by atoms with Crippen molar-refractivity contribution in [2.24, 2.45) is 5.73 Å². The van der Waals surface area contributed by atoms with Crippen LogP contribution in [0.2, 0.25) is 0 Å². The second-order valence-electron chi connectivity index (χ2n) is 5.00. The number of hydrogen-bond donors (Lipinski definition) is 1. The van der Waals surface area contributed by atoms with Crippen molar-refractivity contribution in [1.82, 2.24) is 4.90 Å². The molecule has 0 saturated carbocycles. The van der Waals surface area contributed by atoms with E-state index in [-0.39, 0.29) is 0 Å². The minimum atomic E-state index is 0.373. The Labute approximate surface area is 102 Å². The average molecular weight is 226 g/mol. The van der Waals surface area contributed by atoms with E-state index in [9.17, 15) is 0 Å². The lowest BCUT2D eigenvalue weighted by atomic mass is 9.98. The maximum atomic E-state index is 5.83. The molecule has 0 spiro atoms. The maximum Gasteiger partial charge on any atom is 0.0321 e. The largest absolute Gasteiger partial charge is 0.325 e. The van der Waals surface area contributed by atoms with Gasteiger partial charge in [0.25, 0.3) is 0 Å². The molecular weight excluding hydrogens is 208 g/mol. The second kappa shape index (κ2) is 4.13. The predicted octanol–water partition coefficient (Wildman–Crippen LogP) is 2.54. The highest BCUT2D eigenvalue weighted by Crippen LogP contribution is 2.27. The van der Waals surface area contributed by atoms with Gasteiger partial charge in [0, 0.05) is 25.2 Å². The van der Waals surface area contributed by atoms with E-state index in [0.717, 1.165) is 13.1 Å². The van der Waals surface area contributed by atoms with E-state index in [1.165, 1.54) is 16.3 Å². The van der Waals surface area contributed by atoms with Crippen LogP contribution in [0.3, 0.4) is 0 Å². The molecule has 0 amide bonds. The monoisotopic (exact) mass is 226 g/mol. The number of fused-ring (bicyclic) bond motifs is 1. The molecule has 1 aliphatic heterocycles. The van der Waals surface area contributed by atoms with Gasteiger partial charge in [-0.05, 0) is 29.3 Å².